The first kappa shape index (κ1) is 12.4. The molecule has 0 aromatic rings. The second-order valence-electron chi connectivity index (χ2n) is 2.87. The van der Waals surface area contributed by atoms with Crippen molar-refractivity contribution in [3.63, 3.8) is 0 Å². The van der Waals surface area contributed by atoms with Gasteiger partial charge in [-0.05, 0) is 11.8 Å². The third kappa shape index (κ3) is 15.6. The molecule has 62 valence electrons. The number of hydrogen-bond acceptors (Lipinski definition) is 0. The molecule has 0 saturated carbocycles. The summed E-state index contributed by atoms with van der Waals surface area (Å²) >= 11 is 0. The highest BCUT2D eigenvalue weighted by molar-refractivity contribution is 4.86. The van der Waals surface area contributed by atoms with Crippen LogP contribution in [0.2, 0.25) is 0 Å². The van der Waals surface area contributed by atoms with Gasteiger partial charge in [-0.15, -0.1) is 0 Å². The van der Waals surface area contributed by atoms with E-state index in [1.165, 1.54) is 0 Å². The molecule has 0 fully saturated rings. The summed E-state index contributed by atoms with van der Waals surface area (Å²) in [6, 6.07) is 0. The summed E-state index contributed by atoms with van der Waals surface area (Å²) in [5, 5.41) is 0. The maximum atomic E-state index is 2.24. The van der Waals surface area contributed by atoms with Gasteiger partial charge in [0.25, 0.3) is 0 Å². The van der Waals surface area contributed by atoms with Gasteiger partial charge in [-0.2, -0.15) is 0 Å². The summed E-state index contributed by atoms with van der Waals surface area (Å²) in [7, 11) is 0. The van der Waals surface area contributed by atoms with Crippen LogP contribution in [0.25, 0.3) is 0 Å². The minimum atomic E-state index is 0.706. The fourth-order valence-corrected chi connectivity index (χ4v) is 0.444. The highest BCUT2D eigenvalue weighted by Crippen LogP contribution is 1.99. The van der Waals surface area contributed by atoms with Gasteiger partial charge in [-0.25, -0.2) is 0 Å². The van der Waals surface area contributed by atoms with E-state index in [2.05, 4.69) is 39.8 Å². The molecular formula is C10H22. The van der Waals surface area contributed by atoms with Crippen molar-refractivity contribution < 1.29 is 0 Å². The molecule has 10 heavy (non-hydrogen) atoms. The molecular weight excluding hydrogens is 120 g/mol. The molecule has 0 aliphatic rings. The molecule has 0 amide bonds. The second kappa shape index (κ2) is 8.74. The summed E-state index contributed by atoms with van der Waals surface area (Å²) in [5.41, 5.74) is 0. The maximum absolute atomic E-state index is 2.24. The zero-order chi connectivity index (χ0) is 8.57. The third-order valence-electron chi connectivity index (χ3n) is 0.881. The third-order valence-corrected chi connectivity index (χ3v) is 0.881. The van der Waals surface area contributed by atoms with E-state index in [9.17, 15) is 0 Å². The normalized spacial score (nSPS) is 10.4. The zero-order valence-corrected chi connectivity index (χ0v) is 8.31. The van der Waals surface area contributed by atoms with Crippen LogP contribution in [-0.4, -0.2) is 0 Å². The highest BCUT2D eigenvalue weighted by atomic mass is 13.9. The molecule has 0 heterocycles. The Balaban J connectivity index is 0. The van der Waals surface area contributed by atoms with Gasteiger partial charge in [-0.1, -0.05) is 53.7 Å². The number of hydrogen-bond donors (Lipinski definition) is 0. The van der Waals surface area contributed by atoms with E-state index in [1.54, 1.807) is 0 Å². The average Bonchev–Trinajstić information content (AvgIpc) is 1.89. The lowest BCUT2D eigenvalue weighted by Crippen LogP contribution is -1.81. The fourth-order valence-electron chi connectivity index (χ4n) is 0.444. The van der Waals surface area contributed by atoms with Crippen LogP contribution in [0.5, 0.6) is 0 Å². The molecule has 0 aliphatic heterocycles. The van der Waals surface area contributed by atoms with Gasteiger partial charge in [0.15, 0.2) is 0 Å². The quantitative estimate of drug-likeness (QED) is 0.513. The van der Waals surface area contributed by atoms with Gasteiger partial charge in [-0.3, -0.25) is 0 Å². The van der Waals surface area contributed by atoms with Crippen molar-refractivity contribution in [1.29, 1.82) is 0 Å². The standard InChI is InChI=1S/C8H16.C2H6/c1-7(2)5-6-8(3)4;1-2/h5-8H,1-4H3;1-2H3/b6-5-;. The maximum Gasteiger partial charge on any atom is -0.0290 e. The van der Waals surface area contributed by atoms with E-state index in [0.29, 0.717) is 11.8 Å². The fraction of sp³-hybridized carbons (Fsp3) is 0.800. The first-order valence-corrected chi connectivity index (χ1v) is 4.31. The molecule has 0 unspecified atom stereocenters. The van der Waals surface area contributed by atoms with Crippen LogP contribution in [0.3, 0.4) is 0 Å². The van der Waals surface area contributed by atoms with Gasteiger partial charge in [0.1, 0.15) is 0 Å². The Bertz CT molecular complexity index is 58.1. The van der Waals surface area contributed by atoms with Crippen LogP contribution in [0.4, 0.5) is 0 Å². The molecule has 0 rings (SSSR count). The van der Waals surface area contributed by atoms with Crippen molar-refractivity contribution >= 4 is 0 Å². The van der Waals surface area contributed by atoms with E-state index >= 15 is 0 Å². The topological polar surface area (TPSA) is 0 Å². The summed E-state index contributed by atoms with van der Waals surface area (Å²) < 4.78 is 0. The van der Waals surface area contributed by atoms with Crippen LogP contribution in [-0.2, 0) is 0 Å². The second-order valence-corrected chi connectivity index (χ2v) is 2.87. The molecule has 0 saturated heterocycles. The highest BCUT2D eigenvalue weighted by Gasteiger charge is 1.85. The van der Waals surface area contributed by atoms with Crippen molar-refractivity contribution in [2.45, 2.75) is 41.5 Å². The Morgan fingerprint density at radius 1 is 0.700 bits per heavy atom. The van der Waals surface area contributed by atoms with Gasteiger partial charge < -0.3 is 0 Å². The van der Waals surface area contributed by atoms with Gasteiger partial charge >= 0.3 is 0 Å². The van der Waals surface area contributed by atoms with Crippen LogP contribution in [0.1, 0.15) is 41.5 Å². The van der Waals surface area contributed by atoms with Crippen molar-refractivity contribution in [3.05, 3.63) is 12.2 Å². The van der Waals surface area contributed by atoms with Gasteiger partial charge in [0.2, 0.25) is 0 Å². The Morgan fingerprint density at radius 3 is 1.00 bits per heavy atom. The van der Waals surface area contributed by atoms with Crippen molar-refractivity contribution in [3.8, 4) is 0 Å². The Morgan fingerprint density at radius 2 is 0.900 bits per heavy atom. The molecule has 0 N–H and O–H groups in total. The Hall–Kier alpha value is -0.260. The zero-order valence-electron chi connectivity index (χ0n) is 8.31. The lowest BCUT2D eigenvalue weighted by molar-refractivity contribution is 0.780. The molecule has 0 nitrogen and oxygen atoms in total. The van der Waals surface area contributed by atoms with Crippen LogP contribution in [0, 0.1) is 11.8 Å². The van der Waals surface area contributed by atoms with Crippen molar-refractivity contribution in [2.24, 2.45) is 11.8 Å². The minimum Gasteiger partial charge on any atom is -0.0857 e. The lowest BCUT2D eigenvalue weighted by Gasteiger charge is -1.95. The van der Waals surface area contributed by atoms with Crippen LogP contribution < -0.4 is 0 Å². The van der Waals surface area contributed by atoms with E-state index < -0.39 is 0 Å². The summed E-state index contributed by atoms with van der Waals surface area (Å²) in [6.45, 7) is 12.8. The van der Waals surface area contributed by atoms with E-state index in [1.807, 2.05) is 13.8 Å². The molecule has 0 heteroatoms. The van der Waals surface area contributed by atoms with Gasteiger partial charge in [0, 0.05) is 0 Å². The lowest BCUT2D eigenvalue weighted by atomic mass is 10.1. The summed E-state index contributed by atoms with van der Waals surface area (Å²) in [5.74, 6) is 1.41. The minimum absolute atomic E-state index is 0.706. The molecule has 0 aromatic heterocycles. The summed E-state index contributed by atoms with van der Waals surface area (Å²) in [6.07, 6.45) is 4.48. The largest absolute Gasteiger partial charge is 0.0857 e. The first-order chi connectivity index (χ1) is 4.63. The van der Waals surface area contributed by atoms with Crippen molar-refractivity contribution in [1.82, 2.24) is 0 Å². The number of rotatable bonds is 2. The van der Waals surface area contributed by atoms with E-state index in [0.717, 1.165) is 0 Å². The molecule has 0 aromatic carbocycles. The van der Waals surface area contributed by atoms with Crippen LogP contribution >= 0.6 is 0 Å². The molecule has 0 bridgehead atoms. The molecule has 0 radical (unpaired) electrons. The Labute approximate surface area is 66.3 Å². The van der Waals surface area contributed by atoms with Gasteiger partial charge in [0.05, 0.1) is 0 Å². The SMILES string of the molecule is CC.CC(C)/C=C\C(C)C. The predicted octanol–water partition coefficient (Wildman–Crippen LogP) is 3.88. The van der Waals surface area contributed by atoms with Crippen molar-refractivity contribution in [2.75, 3.05) is 0 Å². The first-order valence-electron chi connectivity index (χ1n) is 4.31. The molecule has 0 aliphatic carbocycles. The average molecular weight is 142 g/mol. The molecule has 0 spiro atoms. The smallest absolute Gasteiger partial charge is 0.0290 e. The van der Waals surface area contributed by atoms with E-state index in [4.69, 9.17) is 0 Å². The monoisotopic (exact) mass is 142 g/mol. The Kier molecular flexibility index (Phi) is 10.9. The van der Waals surface area contributed by atoms with Crippen LogP contribution in [0.15, 0.2) is 12.2 Å². The van der Waals surface area contributed by atoms with E-state index in [-0.39, 0.29) is 0 Å². The predicted molar refractivity (Wildman–Crippen MR) is 50.2 cm³/mol. The molecule has 0 atom stereocenters. The summed E-state index contributed by atoms with van der Waals surface area (Å²) in [4.78, 5) is 0. The number of allylic oxidation sites excluding steroid dienone is 2.